The minimum atomic E-state index is -0.167. The smallest absolute Gasteiger partial charge is 0.165 e. The van der Waals surface area contributed by atoms with Crippen molar-refractivity contribution in [1.29, 1.82) is 0 Å². The van der Waals surface area contributed by atoms with E-state index < -0.39 is 0 Å². The van der Waals surface area contributed by atoms with Gasteiger partial charge < -0.3 is 14.8 Å². The Kier molecular flexibility index (Phi) is 3.25. The predicted molar refractivity (Wildman–Crippen MR) is 78.6 cm³/mol. The van der Waals surface area contributed by atoms with E-state index in [9.17, 15) is 0 Å². The fraction of sp³-hybridized carbons (Fsp3) is 0.429. The average molecular weight is 291 g/mol. The van der Waals surface area contributed by atoms with Crippen LogP contribution in [-0.2, 0) is 13.0 Å². The van der Waals surface area contributed by atoms with Crippen molar-refractivity contribution < 1.29 is 9.47 Å². The van der Waals surface area contributed by atoms with Gasteiger partial charge in [-0.05, 0) is 19.9 Å². The van der Waals surface area contributed by atoms with E-state index in [1.807, 2.05) is 19.2 Å². The number of nitrogens with zero attached hydrogens (tertiary/aromatic N) is 2. The van der Waals surface area contributed by atoms with Crippen molar-refractivity contribution in [1.82, 2.24) is 9.59 Å². The normalized spacial score (nSPS) is 15.6. The average Bonchev–Trinajstić information content (AvgIpc) is 2.97. The molecule has 0 spiro atoms. The van der Waals surface area contributed by atoms with E-state index in [4.69, 9.17) is 9.47 Å². The molecule has 0 unspecified atom stereocenters. The second-order valence-electron chi connectivity index (χ2n) is 5.37. The maximum atomic E-state index is 5.98. The Morgan fingerprint density at radius 2 is 2.30 bits per heavy atom. The van der Waals surface area contributed by atoms with Crippen LogP contribution in [0.25, 0.3) is 0 Å². The number of ether oxygens (including phenoxy) is 2. The quantitative estimate of drug-likeness (QED) is 0.938. The van der Waals surface area contributed by atoms with Gasteiger partial charge in [0.15, 0.2) is 11.5 Å². The van der Waals surface area contributed by atoms with E-state index in [1.54, 1.807) is 0 Å². The van der Waals surface area contributed by atoms with Gasteiger partial charge >= 0.3 is 0 Å². The largest absolute Gasteiger partial charge is 0.483 e. The summed E-state index contributed by atoms with van der Waals surface area (Å²) >= 11 is 1.33. The molecule has 0 radical (unpaired) electrons. The number of aromatic nitrogens is 2. The Morgan fingerprint density at radius 1 is 1.45 bits per heavy atom. The lowest BCUT2D eigenvalue weighted by Gasteiger charge is -2.18. The summed E-state index contributed by atoms with van der Waals surface area (Å²) in [6.07, 6.45) is 0.902. The number of rotatable bonds is 4. The van der Waals surface area contributed by atoms with Gasteiger partial charge in [0.2, 0.25) is 0 Å². The summed E-state index contributed by atoms with van der Waals surface area (Å²) in [4.78, 5) is 0. The van der Waals surface area contributed by atoms with Crippen LogP contribution < -0.4 is 14.8 Å². The number of fused-ring (bicyclic) bond motifs is 1. The van der Waals surface area contributed by atoms with Gasteiger partial charge in [0.25, 0.3) is 0 Å². The Hall–Kier alpha value is -1.82. The number of anilines is 1. The molecule has 106 valence electrons. The molecule has 0 amide bonds. The topological polar surface area (TPSA) is 56.3 Å². The van der Waals surface area contributed by atoms with E-state index in [0.717, 1.165) is 28.6 Å². The molecular formula is C14H17N3O2S. The highest BCUT2D eigenvalue weighted by atomic mass is 32.1. The summed E-state index contributed by atoms with van der Waals surface area (Å²) in [6, 6.07) is 6.01. The Morgan fingerprint density at radius 3 is 3.10 bits per heavy atom. The lowest BCUT2D eigenvalue weighted by molar-refractivity contribution is 0.131. The molecule has 0 bridgehead atoms. The van der Waals surface area contributed by atoms with Crippen LogP contribution in [0.1, 0.15) is 25.1 Å². The highest BCUT2D eigenvalue weighted by Gasteiger charge is 2.32. The molecule has 1 N–H and O–H groups in total. The molecule has 3 rings (SSSR count). The molecule has 0 atom stereocenters. The van der Waals surface area contributed by atoms with Gasteiger partial charge in [-0.25, -0.2) is 0 Å². The van der Waals surface area contributed by atoms with Gasteiger partial charge in [-0.2, -0.15) is 0 Å². The van der Waals surface area contributed by atoms with Gasteiger partial charge in [0, 0.05) is 30.6 Å². The first kappa shape index (κ1) is 13.2. The number of hydrogen-bond donors (Lipinski definition) is 1. The molecule has 1 aliphatic rings. The Bertz CT molecular complexity index is 625. The number of benzene rings is 1. The van der Waals surface area contributed by atoms with Gasteiger partial charge in [-0.3, -0.25) is 0 Å². The molecule has 0 saturated heterocycles. The lowest BCUT2D eigenvalue weighted by Crippen LogP contribution is -2.24. The van der Waals surface area contributed by atoms with Crippen molar-refractivity contribution in [2.75, 3.05) is 12.4 Å². The fourth-order valence-corrected chi connectivity index (χ4v) is 2.86. The second kappa shape index (κ2) is 4.94. The van der Waals surface area contributed by atoms with Crippen molar-refractivity contribution in [3.8, 4) is 11.5 Å². The SMILES string of the molecule is CNc1snnc1COc1cccc2c1OC(C)(C)C2. The summed E-state index contributed by atoms with van der Waals surface area (Å²) in [5, 5.41) is 8.05. The summed E-state index contributed by atoms with van der Waals surface area (Å²) in [7, 11) is 1.85. The molecule has 0 fully saturated rings. The van der Waals surface area contributed by atoms with Crippen LogP contribution in [0.2, 0.25) is 0 Å². The molecule has 1 aromatic carbocycles. The van der Waals surface area contributed by atoms with E-state index >= 15 is 0 Å². The first-order valence-corrected chi connectivity index (χ1v) is 7.29. The van der Waals surface area contributed by atoms with Gasteiger partial charge in [-0.1, -0.05) is 16.6 Å². The number of nitrogens with one attached hydrogen (secondary N) is 1. The van der Waals surface area contributed by atoms with Crippen LogP contribution in [0.5, 0.6) is 11.5 Å². The van der Waals surface area contributed by atoms with Crippen LogP contribution in [0.15, 0.2) is 18.2 Å². The van der Waals surface area contributed by atoms with E-state index in [-0.39, 0.29) is 5.60 Å². The number of hydrogen-bond acceptors (Lipinski definition) is 6. The maximum Gasteiger partial charge on any atom is 0.165 e. The second-order valence-corrected chi connectivity index (χ2v) is 6.12. The molecule has 2 aromatic rings. The molecular weight excluding hydrogens is 274 g/mol. The van der Waals surface area contributed by atoms with E-state index in [1.165, 1.54) is 17.1 Å². The zero-order chi connectivity index (χ0) is 14.2. The zero-order valence-electron chi connectivity index (χ0n) is 11.8. The van der Waals surface area contributed by atoms with Gasteiger partial charge in [-0.15, -0.1) is 5.10 Å². The first-order valence-electron chi connectivity index (χ1n) is 6.52. The van der Waals surface area contributed by atoms with Crippen molar-refractivity contribution in [2.45, 2.75) is 32.5 Å². The first-order chi connectivity index (χ1) is 9.59. The van der Waals surface area contributed by atoms with Crippen LogP contribution in [0, 0.1) is 0 Å². The summed E-state index contributed by atoms with van der Waals surface area (Å²) in [6.45, 7) is 4.55. The highest BCUT2D eigenvalue weighted by Crippen LogP contribution is 2.42. The predicted octanol–water partition coefficient (Wildman–Crippen LogP) is 2.87. The molecule has 6 heteroatoms. The van der Waals surface area contributed by atoms with Crippen molar-refractivity contribution >= 4 is 16.5 Å². The molecule has 5 nitrogen and oxygen atoms in total. The van der Waals surface area contributed by atoms with Crippen molar-refractivity contribution in [2.24, 2.45) is 0 Å². The van der Waals surface area contributed by atoms with Gasteiger partial charge in [0.1, 0.15) is 22.9 Å². The molecule has 1 aliphatic heterocycles. The molecule has 1 aromatic heterocycles. The van der Waals surface area contributed by atoms with E-state index in [0.29, 0.717) is 6.61 Å². The van der Waals surface area contributed by atoms with Crippen molar-refractivity contribution in [3.05, 3.63) is 29.5 Å². The van der Waals surface area contributed by atoms with Gasteiger partial charge in [0.05, 0.1) is 0 Å². The van der Waals surface area contributed by atoms with Crippen molar-refractivity contribution in [3.63, 3.8) is 0 Å². The third kappa shape index (κ3) is 2.43. The minimum Gasteiger partial charge on any atom is -0.483 e. The van der Waals surface area contributed by atoms with Crippen LogP contribution in [-0.4, -0.2) is 22.2 Å². The molecule has 2 heterocycles. The number of para-hydroxylation sites is 1. The third-order valence-corrected chi connectivity index (χ3v) is 3.99. The zero-order valence-corrected chi connectivity index (χ0v) is 12.6. The van der Waals surface area contributed by atoms with Crippen LogP contribution >= 0.6 is 11.5 Å². The summed E-state index contributed by atoms with van der Waals surface area (Å²) in [5.74, 6) is 1.62. The summed E-state index contributed by atoms with van der Waals surface area (Å²) < 4.78 is 15.8. The summed E-state index contributed by atoms with van der Waals surface area (Å²) in [5.41, 5.74) is 1.84. The fourth-order valence-electron chi connectivity index (χ4n) is 2.34. The highest BCUT2D eigenvalue weighted by molar-refractivity contribution is 7.10. The van der Waals surface area contributed by atoms with Crippen LogP contribution in [0.3, 0.4) is 0 Å². The standard InChI is InChI=1S/C14H17N3O2S/c1-14(2)7-9-5-4-6-11(12(9)19-14)18-8-10-13(15-3)20-17-16-10/h4-6,15H,7-8H2,1-3H3. The molecule has 0 aliphatic carbocycles. The van der Waals surface area contributed by atoms with E-state index in [2.05, 4.69) is 34.8 Å². The van der Waals surface area contributed by atoms with Crippen LogP contribution in [0.4, 0.5) is 5.00 Å². The third-order valence-electron chi connectivity index (χ3n) is 3.20. The Labute approximate surface area is 122 Å². The monoisotopic (exact) mass is 291 g/mol. The Balaban J connectivity index is 1.78. The maximum absolute atomic E-state index is 5.98. The minimum absolute atomic E-state index is 0.167. The molecule has 0 saturated carbocycles. The molecule has 20 heavy (non-hydrogen) atoms. The lowest BCUT2D eigenvalue weighted by atomic mass is 10.0.